The molecule has 7 heteroatoms. The summed E-state index contributed by atoms with van der Waals surface area (Å²) in [5.74, 6) is 0.773. The molecule has 3 aromatic rings. The Labute approximate surface area is 187 Å². The molecule has 2 heterocycles. The molecule has 1 aromatic heterocycles. The fourth-order valence-corrected chi connectivity index (χ4v) is 3.81. The van der Waals surface area contributed by atoms with Gasteiger partial charge in [-0.2, -0.15) is 0 Å². The van der Waals surface area contributed by atoms with Crippen molar-refractivity contribution in [3.63, 3.8) is 0 Å². The molecule has 0 saturated carbocycles. The molecule has 32 heavy (non-hydrogen) atoms. The van der Waals surface area contributed by atoms with Crippen LogP contribution in [0, 0.1) is 5.82 Å². The van der Waals surface area contributed by atoms with Crippen molar-refractivity contribution in [3.8, 4) is 11.4 Å². The van der Waals surface area contributed by atoms with Gasteiger partial charge in [0.25, 0.3) is 5.91 Å². The van der Waals surface area contributed by atoms with E-state index in [4.69, 9.17) is 0 Å². The van der Waals surface area contributed by atoms with E-state index in [-0.39, 0.29) is 11.7 Å². The van der Waals surface area contributed by atoms with Gasteiger partial charge in [0.2, 0.25) is 0 Å². The van der Waals surface area contributed by atoms with Crippen LogP contribution < -0.4 is 10.6 Å². The Hall–Kier alpha value is -3.32. The van der Waals surface area contributed by atoms with E-state index in [1.54, 1.807) is 36.5 Å². The Balaban J connectivity index is 1.28. The predicted octanol–water partition coefficient (Wildman–Crippen LogP) is 4.63. The van der Waals surface area contributed by atoms with Crippen LogP contribution >= 0.6 is 0 Å². The Bertz CT molecular complexity index is 1020. The van der Waals surface area contributed by atoms with E-state index in [0.717, 1.165) is 24.2 Å². The zero-order chi connectivity index (χ0) is 22.2. The van der Waals surface area contributed by atoms with Crippen LogP contribution in [-0.4, -0.2) is 47.0 Å². The summed E-state index contributed by atoms with van der Waals surface area (Å²) < 4.78 is 13.1. The number of nitrogens with zero attached hydrogens (tertiary/aromatic N) is 3. The van der Waals surface area contributed by atoms with Gasteiger partial charge in [0, 0.05) is 29.6 Å². The third-order valence-corrected chi connectivity index (χ3v) is 5.56. The zero-order valence-corrected chi connectivity index (χ0v) is 18.1. The standard InChI is InChI=1S/C25H28FN5O/c26-21-9-5-19(6-10-21)24-27-15-13-23(30-24)29-22-11-7-20(8-12-22)25(32)28-14-4-18-31-16-2-1-3-17-31/h5-13,15H,1-4,14,16-18H2,(H,28,32)(H,27,29,30). The van der Waals surface area contributed by atoms with Gasteiger partial charge in [-0.1, -0.05) is 6.42 Å². The molecule has 166 valence electrons. The third kappa shape index (κ3) is 6.11. The monoisotopic (exact) mass is 433 g/mol. The fourth-order valence-electron chi connectivity index (χ4n) is 3.81. The van der Waals surface area contributed by atoms with Crippen molar-refractivity contribution >= 4 is 17.4 Å². The number of hydrogen-bond acceptors (Lipinski definition) is 5. The Morgan fingerprint density at radius 2 is 1.72 bits per heavy atom. The van der Waals surface area contributed by atoms with Crippen molar-refractivity contribution in [3.05, 3.63) is 72.2 Å². The lowest BCUT2D eigenvalue weighted by Gasteiger charge is -2.26. The smallest absolute Gasteiger partial charge is 0.251 e. The number of carbonyl (C=O) groups is 1. The van der Waals surface area contributed by atoms with Gasteiger partial charge in [-0.3, -0.25) is 4.79 Å². The second-order valence-corrected chi connectivity index (χ2v) is 7.99. The molecule has 1 aliphatic rings. The van der Waals surface area contributed by atoms with E-state index in [0.29, 0.717) is 23.8 Å². The number of aromatic nitrogens is 2. The lowest BCUT2D eigenvalue weighted by molar-refractivity contribution is 0.0951. The fraction of sp³-hybridized carbons (Fsp3) is 0.320. The highest BCUT2D eigenvalue weighted by atomic mass is 19.1. The number of hydrogen-bond donors (Lipinski definition) is 2. The maximum atomic E-state index is 13.1. The largest absolute Gasteiger partial charge is 0.352 e. The number of benzene rings is 2. The summed E-state index contributed by atoms with van der Waals surface area (Å²) in [5, 5.41) is 6.22. The van der Waals surface area contributed by atoms with Crippen molar-refractivity contribution in [2.24, 2.45) is 0 Å². The van der Waals surface area contributed by atoms with Crippen LogP contribution in [0.3, 0.4) is 0 Å². The molecule has 0 unspecified atom stereocenters. The van der Waals surface area contributed by atoms with Gasteiger partial charge in [-0.15, -0.1) is 0 Å². The molecule has 6 nitrogen and oxygen atoms in total. The van der Waals surface area contributed by atoms with Crippen molar-refractivity contribution in [2.45, 2.75) is 25.7 Å². The number of piperidine rings is 1. The summed E-state index contributed by atoms with van der Waals surface area (Å²) in [6.07, 6.45) is 6.53. The summed E-state index contributed by atoms with van der Waals surface area (Å²) in [6, 6.07) is 15.1. The van der Waals surface area contributed by atoms with Crippen LogP contribution in [0.5, 0.6) is 0 Å². The summed E-state index contributed by atoms with van der Waals surface area (Å²) in [4.78, 5) is 23.6. The molecule has 0 bridgehead atoms. The zero-order valence-electron chi connectivity index (χ0n) is 18.1. The van der Waals surface area contributed by atoms with Crippen LogP contribution in [0.1, 0.15) is 36.0 Å². The van der Waals surface area contributed by atoms with Crippen molar-refractivity contribution in [2.75, 3.05) is 31.5 Å². The molecule has 1 amide bonds. The number of likely N-dealkylation sites (tertiary alicyclic amines) is 1. The highest BCUT2D eigenvalue weighted by Gasteiger charge is 2.10. The van der Waals surface area contributed by atoms with Gasteiger partial charge in [0.05, 0.1) is 0 Å². The van der Waals surface area contributed by atoms with E-state index < -0.39 is 0 Å². The lowest BCUT2D eigenvalue weighted by Crippen LogP contribution is -2.33. The molecular weight excluding hydrogens is 405 g/mol. The summed E-state index contributed by atoms with van der Waals surface area (Å²) >= 11 is 0. The molecule has 1 aliphatic heterocycles. The minimum absolute atomic E-state index is 0.0594. The minimum Gasteiger partial charge on any atom is -0.352 e. The normalized spacial score (nSPS) is 14.2. The number of rotatable bonds is 8. The summed E-state index contributed by atoms with van der Waals surface area (Å²) in [6.45, 7) is 4.09. The van der Waals surface area contributed by atoms with Crippen molar-refractivity contribution in [1.82, 2.24) is 20.2 Å². The first-order chi connectivity index (χ1) is 15.7. The van der Waals surface area contributed by atoms with Crippen LogP contribution in [0.4, 0.5) is 15.9 Å². The average Bonchev–Trinajstić information content (AvgIpc) is 2.83. The topological polar surface area (TPSA) is 70.2 Å². The Morgan fingerprint density at radius 3 is 2.47 bits per heavy atom. The van der Waals surface area contributed by atoms with Gasteiger partial charge in [-0.05, 0) is 93.5 Å². The SMILES string of the molecule is O=C(NCCCN1CCCCC1)c1ccc(Nc2ccnc(-c3ccc(F)cc3)n2)cc1. The molecular formula is C25H28FN5O. The quantitative estimate of drug-likeness (QED) is 0.507. The number of amides is 1. The van der Waals surface area contributed by atoms with Crippen LogP contribution in [0.2, 0.25) is 0 Å². The van der Waals surface area contributed by atoms with E-state index >= 15 is 0 Å². The van der Waals surface area contributed by atoms with Crippen LogP contribution in [-0.2, 0) is 0 Å². The van der Waals surface area contributed by atoms with Crippen LogP contribution in [0.25, 0.3) is 11.4 Å². The molecule has 2 N–H and O–H groups in total. The van der Waals surface area contributed by atoms with Gasteiger partial charge >= 0.3 is 0 Å². The first-order valence-electron chi connectivity index (χ1n) is 11.1. The number of nitrogens with one attached hydrogen (secondary N) is 2. The predicted molar refractivity (Wildman–Crippen MR) is 124 cm³/mol. The molecule has 1 fully saturated rings. The highest BCUT2D eigenvalue weighted by molar-refractivity contribution is 5.94. The Kier molecular flexibility index (Phi) is 7.40. The van der Waals surface area contributed by atoms with Gasteiger partial charge in [0.1, 0.15) is 11.6 Å². The van der Waals surface area contributed by atoms with Crippen molar-refractivity contribution in [1.29, 1.82) is 0 Å². The van der Waals surface area contributed by atoms with Crippen LogP contribution in [0.15, 0.2) is 60.8 Å². The molecule has 0 aliphatic carbocycles. The molecule has 1 saturated heterocycles. The number of carbonyl (C=O) groups excluding carboxylic acids is 1. The maximum Gasteiger partial charge on any atom is 0.251 e. The second kappa shape index (κ2) is 10.8. The third-order valence-electron chi connectivity index (χ3n) is 5.56. The van der Waals surface area contributed by atoms with E-state index in [1.807, 2.05) is 12.1 Å². The van der Waals surface area contributed by atoms with Gasteiger partial charge in [0.15, 0.2) is 5.82 Å². The highest BCUT2D eigenvalue weighted by Crippen LogP contribution is 2.20. The lowest BCUT2D eigenvalue weighted by atomic mass is 10.1. The minimum atomic E-state index is -0.297. The van der Waals surface area contributed by atoms with Gasteiger partial charge in [-0.25, -0.2) is 14.4 Å². The molecule has 0 atom stereocenters. The maximum absolute atomic E-state index is 13.1. The summed E-state index contributed by atoms with van der Waals surface area (Å²) in [5.41, 5.74) is 2.18. The van der Waals surface area contributed by atoms with E-state index in [9.17, 15) is 9.18 Å². The Morgan fingerprint density at radius 1 is 0.969 bits per heavy atom. The summed E-state index contributed by atoms with van der Waals surface area (Å²) in [7, 11) is 0. The number of anilines is 2. The molecule has 0 radical (unpaired) electrons. The number of halogens is 1. The average molecular weight is 434 g/mol. The van der Waals surface area contributed by atoms with E-state index in [1.165, 1.54) is 44.5 Å². The molecule has 4 rings (SSSR count). The van der Waals surface area contributed by atoms with Crippen molar-refractivity contribution < 1.29 is 9.18 Å². The molecule has 2 aromatic carbocycles. The second-order valence-electron chi connectivity index (χ2n) is 7.99. The van der Waals surface area contributed by atoms with Gasteiger partial charge < -0.3 is 15.5 Å². The molecule has 0 spiro atoms. The van der Waals surface area contributed by atoms with E-state index in [2.05, 4.69) is 25.5 Å². The first kappa shape index (κ1) is 21.9. The first-order valence-corrected chi connectivity index (χ1v) is 11.1.